The predicted molar refractivity (Wildman–Crippen MR) is 91.0 cm³/mol. The predicted octanol–water partition coefficient (Wildman–Crippen LogP) is 5.63. The number of ether oxygens (including phenoxy) is 1. The topological polar surface area (TPSA) is 9.23 Å². The minimum Gasteiger partial charge on any atom is -0.373 e. The van der Waals surface area contributed by atoms with E-state index >= 15 is 0 Å². The van der Waals surface area contributed by atoms with Crippen LogP contribution < -0.4 is 0 Å². The molecule has 1 aromatic rings. The highest BCUT2D eigenvalue weighted by Gasteiger charge is 1.76. The second-order valence-electron chi connectivity index (χ2n) is 3.67. The van der Waals surface area contributed by atoms with Gasteiger partial charge in [0.05, 0.1) is 13.2 Å². The van der Waals surface area contributed by atoms with E-state index in [9.17, 15) is 0 Å². The van der Waals surface area contributed by atoms with Gasteiger partial charge in [-0.2, -0.15) is 0 Å². The Bertz CT molecular complexity index is 221. The van der Waals surface area contributed by atoms with Crippen molar-refractivity contribution < 1.29 is 4.74 Å². The van der Waals surface area contributed by atoms with Crippen molar-refractivity contribution in [2.24, 2.45) is 0 Å². The molecule has 1 nitrogen and oxygen atoms in total. The van der Waals surface area contributed by atoms with Crippen molar-refractivity contribution in [2.75, 3.05) is 18.5 Å². The Morgan fingerprint density at radius 1 is 0.895 bits per heavy atom. The summed E-state index contributed by atoms with van der Waals surface area (Å²) in [5.74, 6) is 0. The molecule has 0 saturated carbocycles. The molecule has 0 aliphatic rings. The Hall–Kier alpha value is -0.860. The first-order chi connectivity index (χ1) is 9.33. The van der Waals surface area contributed by atoms with Crippen molar-refractivity contribution in [3.63, 3.8) is 0 Å². The number of alkyl halides is 1. The number of hydrogen-bond acceptors (Lipinski definition) is 1. The van der Waals surface area contributed by atoms with Crippen LogP contribution in [0.1, 0.15) is 26.2 Å². The molecule has 0 N–H and O–H groups in total. The lowest BCUT2D eigenvalue weighted by molar-refractivity contribution is 0.194. The number of benzene rings is 1. The summed E-state index contributed by atoms with van der Waals surface area (Å²) < 4.78 is 4.90. The van der Waals surface area contributed by atoms with E-state index in [1.807, 2.05) is 36.4 Å². The fourth-order valence-electron chi connectivity index (χ4n) is 0.964. The summed E-state index contributed by atoms with van der Waals surface area (Å²) in [5, 5.41) is 1.17. The average molecular weight is 327 g/mol. The molecule has 0 saturated heterocycles. The van der Waals surface area contributed by atoms with Gasteiger partial charge in [0.1, 0.15) is 0 Å². The van der Waals surface area contributed by atoms with E-state index in [-0.39, 0.29) is 0 Å². The third-order valence-electron chi connectivity index (χ3n) is 1.88. The Morgan fingerprint density at radius 3 is 1.53 bits per heavy atom. The van der Waals surface area contributed by atoms with Gasteiger partial charge in [0.2, 0.25) is 0 Å². The Labute approximate surface area is 127 Å². The van der Waals surface area contributed by atoms with E-state index in [4.69, 9.17) is 4.74 Å². The first kappa shape index (κ1) is 20.5. The molecular weight excluding hydrogens is 300 g/mol. The highest BCUT2D eigenvalue weighted by Crippen LogP contribution is 1.95. The molecule has 19 heavy (non-hydrogen) atoms. The molecular formula is C17H27BrO. The summed E-state index contributed by atoms with van der Waals surface area (Å²) in [6.45, 7) is 10.4. The summed E-state index contributed by atoms with van der Waals surface area (Å²) in [4.78, 5) is 0. The standard InChI is InChI=1S/C6H10O.C6H6.C5H11Br/c1-3-5-7-6-4-2;1-2-4-6-5-3-1;1-2-3-4-5-6/h3-4H,1-2,5-6H2;1-6H;2-5H2,1H3. The number of halogens is 1. The van der Waals surface area contributed by atoms with E-state index in [2.05, 4.69) is 36.0 Å². The van der Waals surface area contributed by atoms with Crippen LogP contribution in [0.15, 0.2) is 61.7 Å². The van der Waals surface area contributed by atoms with Crippen LogP contribution in [0.2, 0.25) is 0 Å². The van der Waals surface area contributed by atoms with E-state index in [0.29, 0.717) is 13.2 Å². The van der Waals surface area contributed by atoms with Crippen LogP contribution in [0.4, 0.5) is 0 Å². The van der Waals surface area contributed by atoms with Crippen molar-refractivity contribution in [1.82, 2.24) is 0 Å². The lowest BCUT2D eigenvalue weighted by Crippen LogP contribution is -1.87. The largest absolute Gasteiger partial charge is 0.373 e. The Morgan fingerprint density at radius 2 is 1.32 bits per heavy atom. The summed E-state index contributed by atoms with van der Waals surface area (Å²) in [6, 6.07) is 12.0. The minimum atomic E-state index is 0.617. The molecule has 0 fully saturated rings. The molecule has 108 valence electrons. The molecule has 0 atom stereocenters. The summed E-state index contributed by atoms with van der Waals surface area (Å²) in [5.41, 5.74) is 0. The van der Waals surface area contributed by atoms with Crippen molar-refractivity contribution >= 4 is 15.9 Å². The van der Waals surface area contributed by atoms with E-state index in [1.54, 1.807) is 12.2 Å². The van der Waals surface area contributed by atoms with Gasteiger partial charge in [-0.25, -0.2) is 0 Å². The number of hydrogen-bond donors (Lipinski definition) is 0. The molecule has 1 rings (SSSR count). The minimum absolute atomic E-state index is 0.617. The zero-order valence-corrected chi connectivity index (χ0v) is 13.6. The van der Waals surface area contributed by atoms with Crippen LogP contribution in [0.25, 0.3) is 0 Å². The second kappa shape index (κ2) is 22.3. The fraction of sp³-hybridized carbons (Fsp3) is 0.412. The molecule has 0 unspecified atom stereocenters. The van der Waals surface area contributed by atoms with Gasteiger partial charge in [0, 0.05) is 5.33 Å². The molecule has 0 aromatic heterocycles. The monoisotopic (exact) mass is 326 g/mol. The van der Waals surface area contributed by atoms with Gasteiger partial charge in [0.15, 0.2) is 0 Å². The summed E-state index contributed by atoms with van der Waals surface area (Å²) in [6.07, 6.45) is 7.44. The maximum atomic E-state index is 4.90. The van der Waals surface area contributed by atoms with Crippen LogP contribution in [0, 0.1) is 0 Å². The highest BCUT2D eigenvalue weighted by molar-refractivity contribution is 9.09. The number of rotatable bonds is 7. The maximum Gasteiger partial charge on any atom is 0.0649 e. The SMILES string of the molecule is C=CCOCC=C.CCCCCBr.c1ccccc1. The molecule has 0 amide bonds. The first-order valence-electron chi connectivity index (χ1n) is 6.68. The van der Waals surface area contributed by atoms with E-state index in [1.165, 1.54) is 24.6 Å². The maximum absolute atomic E-state index is 4.90. The molecule has 0 aliphatic heterocycles. The smallest absolute Gasteiger partial charge is 0.0649 e. The molecule has 0 heterocycles. The van der Waals surface area contributed by atoms with Gasteiger partial charge in [0.25, 0.3) is 0 Å². The van der Waals surface area contributed by atoms with Crippen LogP contribution in [-0.4, -0.2) is 18.5 Å². The second-order valence-corrected chi connectivity index (χ2v) is 4.46. The van der Waals surface area contributed by atoms with Gasteiger partial charge in [-0.1, -0.05) is 84.2 Å². The summed E-state index contributed by atoms with van der Waals surface area (Å²) in [7, 11) is 0. The van der Waals surface area contributed by atoms with E-state index < -0.39 is 0 Å². The number of unbranched alkanes of at least 4 members (excludes halogenated alkanes) is 2. The summed E-state index contributed by atoms with van der Waals surface area (Å²) >= 11 is 3.35. The molecule has 0 bridgehead atoms. The van der Waals surface area contributed by atoms with Gasteiger partial charge in [-0.3, -0.25) is 0 Å². The molecule has 0 spiro atoms. The van der Waals surface area contributed by atoms with Crippen LogP contribution in [-0.2, 0) is 4.74 Å². The third kappa shape index (κ3) is 26.7. The van der Waals surface area contributed by atoms with Gasteiger partial charge in [-0.05, 0) is 6.42 Å². The zero-order valence-electron chi connectivity index (χ0n) is 12.1. The zero-order chi connectivity index (χ0) is 14.6. The third-order valence-corrected chi connectivity index (χ3v) is 2.44. The molecule has 0 radical (unpaired) electrons. The quantitative estimate of drug-likeness (QED) is 0.358. The van der Waals surface area contributed by atoms with Gasteiger partial charge < -0.3 is 4.74 Å². The van der Waals surface area contributed by atoms with Crippen molar-refractivity contribution in [3.8, 4) is 0 Å². The van der Waals surface area contributed by atoms with Crippen molar-refractivity contribution in [1.29, 1.82) is 0 Å². The lowest BCUT2D eigenvalue weighted by Gasteiger charge is -1.89. The van der Waals surface area contributed by atoms with Crippen LogP contribution in [0.3, 0.4) is 0 Å². The fourth-order valence-corrected chi connectivity index (χ4v) is 1.36. The first-order valence-corrected chi connectivity index (χ1v) is 7.81. The molecule has 1 aromatic carbocycles. The van der Waals surface area contributed by atoms with Gasteiger partial charge >= 0.3 is 0 Å². The molecule has 2 heteroatoms. The van der Waals surface area contributed by atoms with Crippen LogP contribution >= 0.6 is 15.9 Å². The Kier molecular flexibility index (Phi) is 24.0. The van der Waals surface area contributed by atoms with Crippen molar-refractivity contribution in [3.05, 3.63) is 61.7 Å². The highest BCUT2D eigenvalue weighted by atomic mass is 79.9. The van der Waals surface area contributed by atoms with Crippen molar-refractivity contribution in [2.45, 2.75) is 26.2 Å². The average Bonchev–Trinajstić information content (AvgIpc) is 2.49. The van der Waals surface area contributed by atoms with E-state index in [0.717, 1.165) is 0 Å². The lowest BCUT2D eigenvalue weighted by atomic mass is 10.3. The van der Waals surface area contributed by atoms with Gasteiger partial charge in [-0.15, -0.1) is 13.2 Å². The van der Waals surface area contributed by atoms with Crippen LogP contribution in [0.5, 0.6) is 0 Å². The Balaban J connectivity index is 0. The normalized spacial score (nSPS) is 8.32. The molecule has 0 aliphatic carbocycles.